The summed E-state index contributed by atoms with van der Waals surface area (Å²) >= 11 is 3.41. The lowest BCUT2D eigenvalue weighted by molar-refractivity contribution is 0.0913. The summed E-state index contributed by atoms with van der Waals surface area (Å²) in [6, 6.07) is 11.2. The van der Waals surface area contributed by atoms with Crippen molar-refractivity contribution in [2.45, 2.75) is 32.7 Å². The van der Waals surface area contributed by atoms with Crippen molar-refractivity contribution in [3.8, 4) is 11.6 Å². The molecule has 28 heavy (non-hydrogen) atoms. The van der Waals surface area contributed by atoms with Gasteiger partial charge in [-0.1, -0.05) is 33.6 Å². The van der Waals surface area contributed by atoms with Crippen molar-refractivity contribution in [1.82, 2.24) is 15.2 Å². The molecule has 1 N–H and O–H groups in total. The highest BCUT2D eigenvalue weighted by Gasteiger charge is 2.20. The lowest BCUT2D eigenvalue weighted by Gasteiger charge is -2.31. The molecule has 148 valence electrons. The number of halogens is 1. The summed E-state index contributed by atoms with van der Waals surface area (Å²) in [7, 11) is 0. The SMILES string of the molecule is CC(C)=CCN1CCC(NC(=O)c2ccc(Oc3cccc(Br)c3)nc2)CC1. The van der Waals surface area contributed by atoms with Crippen LogP contribution in [0.15, 0.2) is 58.7 Å². The highest BCUT2D eigenvalue weighted by atomic mass is 79.9. The van der Waals surface area contributed by atoms with Crippen LogP contribution in [-0.2, 0) is 0 Å². The number of nitrogens with zero attached hydrogens (tertiary/aromatic N) is 2. The monoisotopic (exact) mass is 443 g/mol. The number of rotatable bonds is 6. The molecule has 1 saturated heterocycles. The number of benzene rings is 1. The van der Waals surface area contributed by atoms with Crippen molar-refractivity contribution in [1.29, 1.82) is 0 Å². The highest BCUT2D eigenvalue weighted by Crippen LogP contribution is 2.23. The second-order valence-corrected chi connectivity index (χ2v) is 8.19. The zero-order chi connectivity index (χ0) is 19.9. The molecule has 1 aliphatic heterocycles. The third kappa shape index (κ3) is 6.17. The van der Waals surface area contributed by atoms with Gasteiger partial charge < -0.3 is 10.1 Å². The van der Waals surface area contributed by atoms with Crippen molar-refractivity contribution >= 4 is 21.8 Å². The molecule has 0 spiro atoms. The lowest BCUT2D eigenvalue weighted by atomic mass is 10.0. The van der Waals surface area contributed by atoms with E-state index in [1.807, 2.05) is 24.3 Å². The fourth-order valence-electron chi connectivity index (χ4n) is 3.07. The number of nitrogens with one attached hydrogen (secondary N) is 1. The molecule has 2 heterocycles. The van der Waals surface area contributed by atoms with Gasteiger partial charge in [0.2, 0.25) is 5.88 Å². The molecule has 1 aliphatic rings. The number of likely N-dealkylation sites (tertiary alicyclic amines) is 1. The Balaban J connectivity index is 1.49. The summed E-state index contributed by atoms with van der Waals surface area (Å²) in [5, 5.41) is 3.13. The first-order valence-corrected chi connectivity index (χ1v) is 10.3. The Hall–Kier alpha value is -2.18. The zero-order valence-corrected chi connectivity index (χ0v) is 17.9. The fourth-order valence-corrected chi connectivity index (χ4v) is 3.44. The predicted octanol–water partition coefficient (Wildman–Crippen LogP) is 4.80. The average Bonchev–Trinajstić information content (AvgIpc) is 2.68. The van der Waals surface area contributed by atoms with Crippen molar-refractivity contribution in [3.05, 3.63) is 64.3 Å². The Morgan fingerprint density at radius 1 is 1.29 bits per heavy atom. The first-order valence-electron chi connectivity index (χ1n) is 9.55. The number of hydrogen-bond acceptors (Lipinski definition) is 4. The second-order valence-electron chi connectivity index (χ2n) is 7.27. The van der Waals surface area contributed by atoms with Gasteiger partial charge in [0.1, 0.15) is 5.75 Å². The van der Waals surface area contributed by atoms with Crippen molar-refractivity contribution in [2.75, 3.05) is 19.6 Å². The molecular weight excluding hydrogens is 418 g/mol. The molecular formula is C22H26BrN3O2. The largest absolute Gasteiger partial charge is 0.439 e. The van der Waals surface area contributed by atoms with Crippen LogP contribution in [0.5, 0.6) is 11.6 Å². The summed E-state index contributed by atoms with van der Waals surface area (Å²) in [5.74, 6) is 1.07. The minimum atomic E-state index is -0.0794. The van der Waals surface area contributed by atoms with Gasteiger partial charge in [-0.25, -0.2) is 4.98 Å². The highest BCUT2D eigenvalue weighted by molar-refractivity contribution is 9.10. The van der Waals surface area contributed by atoms with E-state index < -0.39 is 0 Å². The van der Waals surface area contributed by atoms with Gasteiger partial charge in [0.15, 0.2) is 0 Å². The van der Waals surface area contributed by atoms with E-state index in [4.69, 9.17) is 4.74 Å². The van der Waals surface area contributed by atoms with Crippen LogP contribution >= 0.6 is 15.9 Å². The van der Waals surface area contributed by atoms with E-state index in [0.717, 1.165) is 36.9 Å². The van der Waals surface area contributed by atoms with E-state index in [1.165, 1.54) is 5.57 Å². The standard InChI is InChI=1S/C22H26BrN3O2/c1-16(2)8-11-26-12-9-19(10-13-26)25-22(27)17-6-7-21(24-15-17)28-20-5-3-4-18(23)14-20/h3-8,14-15,19H,9-13H2,1-2H3,(H,25,27). The predicted molar refractivity (Wildman–Crippen MR) is 115 cm³/mol. The quantitative estimate of drug-likeness (QED) is 0.651. The van der Waals surface area contributed by atoms with Crippen LogP contribution in [0.25, 0.3) is 0 Å². The van der Waals surface area contributed by atoms with Gasteiger partial charge in [-0.2, -0.15) is 0 Å². The topological polar surface area (TPSA) is 54.5 Å². The maximum atomic E-state index is 12.5. The maximum absolute atomic E-state index is 12.5. The molecule has 6 heteroatoms. The number of carbonyl (C=O) groups excluding carboxylic acids is 1. The third-order valence-corrected chi connectivity index (χ3v) is 5.19. The number of aromatic nitrogens is 1. The van der Waals surface area contributed by atoms with E-state index in [9.17, 15) is 4.79 Å². The fraction of sp³-hybridized carbons (Fsp3) is 0.364. The van der Waals surface area contributed by atoms with Crippen LogP contribution in [0.2, 0.25) is 0 Å². The smallest absolute Gasteiger partial charge is 0.253 e. The minimum Gasteiger partial charge on any atom is -0.439 e. The number of carbonyl (C=O) groups is 1. The Bertz CT molecular complexity index is 824. The minimum absolute atomic E-state index is 0.0794. The molecule has 1 fully saturated rings. The number of piperidine rings is 1. The van der Waals surface area contributed by atoms with Gasteiger partial charge in [0.05, 0.1) is 5.56 Å². The van der Waals surface area contributed by atoms with Crippen LogP contribution in [0.4, 0.5) is 0 Å². The van der Waals surface area contributed by atoms with Gasteiger partial charge in [0, 0.05) is 42.4 Å². The average molecular weight is 444 g/mol. The molecule has 2 aromatic rings. The molecule has 5 nitrogen and oxygen atoms in total. The van der Waals surface area contributed by atoms with Crippen LogP contribution in [0.1, 0.15) is 37.0 Å². The lowest BCUT2D eigenvalue weighted by Crippen LogP contribution is -2.44. The van der Waals surface area contributed by atoms with Crippen LogP contribution in [-0.4, -0.2) is 41.5 Å². The van der Waals surface area contributed by atoms with Gasteiger partial charge in [-0.3, -0.25) is 9.69 Å². The number of amides is 1. The maximum Gasteiger partial charge on any atom is 0.253 e. The third-order valence-electron chi connectivity index (χ3n) is 4.70. The number of hydrogen-bond donors (Lipinski definition) is 1. The van der Waals surface area contributed by atoms with Crippen LogP contribution in [0, 0.1) is 0 Å². The molecule has 1 aromatic carbocycles. The molecule has 0 radical (unpaired) electrons. The van der Waals surface area contributed by atoms with Crippen molar-refractivity contribution in [3.63, 3.8) is 0 Å². The summed E-state index contributed by atoms with van der Waals surface area (Å²) < 4.78 is 6.65. The Kier molecular flexibility index (Phi) is 7.23. The van der Waals surface area contributed by atoms with E-state index in [2.05, 4.69) is 51.1 Å². The first-order chi connectivity index (χ1) is 13.5. The van der Waals surface area contributed by atoms with Gasteiger partial charge in [0.25, 0.3) is 5.91 Å². The van der Waals surface area contributed by atoms with Gasteiger partial charge in [-0.15, -0.1) is 0 Å². The molecule has 0 saturated carbocycles. The summed E-state index contributed by atoms with van der Waals surface area (Å²) in [6.45, 7) is 7.25. The molecule has 1 aromatic heterocycles. The zero-order valence-electron chi connectivity index (χ0n) is 16.3. The van der Waals surface area contributed by atoms with E-state index in [0.29, 0.717) is 17.2 Å². The van der Waals surface area contributed by atoms with Crippen molar-refractivity contribution in [2.24, 2.45) is 0 Å². The molecule has 3 rings (SSSR count). The second kappa shape index (κ2) is 9.85. The van der Waals surface area contributed by atoms with E-state index in [1.54, 1.807) is 18.3 Å². The van der Waals surface area contributed by atoms with Gasteiger partial charge >= 0.3 is 0 Å². The number of pyridine rings is 1. The number of ether oxygens (including phenoxy) is 1. The Labute approximate surface area is 174 Å². The normalized spacial score (nSPS) is 15.1. The summed E-state index contributed by atoms with van der Waals surface area (Å²) in [4.78, 5) is 19.2. The Morgan fingerprint density at radius 3 is 2.71 bits per heavy atom. The molecule has 0 atom stereocenters. The summed E-state index contributed by atoms with van der Waals surface area (Å²) in [5.41, 5.74) is 1.89. The van der Waals surface area contributed by atoms with E-state index >= 15 is 0 Å². The number of allylic oxidation sites excluding steroid dienone is 1. The Morgan fingerprint density at radius 2 is 2.07 bits per heavy atom. The molecule has 0 aliphatic carbocycles. The van der Waals surface area contributed by atoms with Crippen molar-refractivity contribution < 1.29 is 9.53 Å². The molecule has 0 bridgehead atoms. The van der Waals surface area contributed by atoms with Crippen LogP contribution in [0.3, 0.4) is 0 Å². The molecule has 1 amide bonds. The first kappa shape index (κ1) is 20.6. The summed E-state index contributed by atoms with van der Waals surface area (Å²) in [6.07, 6.45) is 5.76. The van der Waals surface area contributed by atoms with Crippen LogP contribution < -0.4 is 10.1 Å². The van der Waals surface area contributed by atoms with E-state index in [-0.39, 0.29) is 11.9 Å². The molecule has 0 unspecified atom stereocenters. The van der Waals surface area contributed by atoms with Gasteiger partial charge in [-0.05, 0) is 51.0 Å².